The lowest BCUT2D eigenvalue weighted by Crippen LogP contribution is -2.48. The number of ether oxygens (including phenoxy) is 30. The third kappa shape index (κ3) is 76.1. The van der Waals surface area contributed by atoms with E-state index in [1.165, 1.54) is 0 Å². The average Bonchev–Trinajstić information content (AvgIpc) is 0.818. The zero-order chi connectivity index (χ0) is 77.5. The van der Waals surface area contributed by atoms with Crippen LogP contribution in [0.4, 0.5) is 0 Å². The van der Waals surface area contributed by atoms with E-state index in [0.717, 1.165) is 12.8 Å². The molecule has 0 saturated heterocycles. The second kappa shape index (κ2) is 88.4. The highest BCUT2D eigenvalue weighted by molar-refractivity contribution is 5.89. The Hall–Kier alpha value is -2.52. The van der Waals surface area contributed by atoms with Gasteiger partial charge in [0.25, 0.3) is 0 Å². The van der Waals surface area contributed by atoms with E-state index >= 15 is 0 Å². The smallest absolute Gasteiger partial charge is 0.333 e. The number of nitrogens with two attached hydrogens (primary N) is 1. The van der Waals surface area contributed by atoms with Crippen LogP contribution in [0.1, 0.15) is 53.4 Å². The quantitative estimate of drug-likeness (QED) is 0.0652. The Morgan fingerprint density at radius 3 is 0.676 bits per heavy atom. The molecule has 0 heterocycles. The molecule has 0 spiro atoms. The first kappa shape index (κ1) is 103. The maximum atomic E-state index is 12.8. The molecule has 0 aromatic carbocycles. The molecule has 34 nitrogen and oxygen atoms in total. The van der Waals surface area contributed by atoms with Crippen LogP contribution in [0.2, 0.25) is 0 Å². The Bertz CT molecular complexity index is 1830. The second-order valence-electron chi connectivity index (χ2n) is 23.4. The van der Waals surface area contributed by atoms with Crippen molar-refractivity contribution in [3.8, 4) is 0 Å². The topological polar surface area (TPSA) is 349 Å². The summed E-state index contributed by atoms with van der Waals surface area (Å²) in [5.41, 5.74) is 5.89. The number of esters is 1. The number of carbonyl (C=O) groups excluding carboxylic acids is 2. The molecule has 0 unspecified atom stereocenters. The normalized spacial score (nSPS) is 14.6. The van der Waals surface area contributed by atoms with Crippen LogP contribution in [0.25, 0.3) is 0 Å². The molecule has 34 heteroatoms. The molecule has 3 N–H and O–H groups in total. The van der Waals surface area contributed by atoms with Gasteiger partial charge in [-0.15, -0.1) is 0 Å². The van der Waals surface area contributed by atoms with Crippen molar-refractivity contribution in [3.63, 3.8) is 0 Å². The van der Waals surface area contributed by atoms with Crippen molar-refractivity contribution < 1.29 is 152 Å². The molecule has 0 radical (unpaired) electrons. The highest BCUT2D eigenvalue weighted by Crippen LogP contribution is 2.29. The van der Waals surface area contributed by atoms with Crippen LogP contribution < -0.4 is 11.1 Å². The molecule has 1 amide bonds. The van der Waals surface area contributed by atoms with E-state index in [9.17, 15) is 9.59 Å². The molecule has 1 rings (SSSR count). The van der Waals surface area contributed by atoms with Crippen molar-refractivity contribution in [1.82, 2.24) is 5.32 Å². The maximum Gasteiger partial charge on any atom is 0.333 e. The van der Waals surface area contributed by atoms with Crippen LogP contribution in [0.15, 0.2) is 11.6 Å². The fourth-order valence-electron chi connectivity index (χ4n) is 9.06. The summed E-state index contributed by atoms with van der Waals surface area (Å²) >= 11 is 0. The minimum atomic E-state index is -0.367. The fourth-order valence-corrected chi connectivity index (χ4v) is 9.06. The van der Waals surface area contributed by atoms with Gasteiger partial charge in [-0.1, -0.05) is 20.8 Å². The standard InChI is InChI=1S/C74H144N2O32/c1-5-70(6-2)108-72-67-69(74(78)107-7-3)66-71(68(72)4)76-73(77)8-10-79-12-14-81-16-18-83-20-22-85-24-26-87-28-30-89-32-34-91-36-38-93-40-42-95-44-46-97-48-50-99-52-54-101-56-58-103-60-62-105-64-65-106-63-61-104-59-57-102-55-53-100-51-49-98-47-45-96-43-41-94-39-37-92-35-33-90-31-29-88-27-25-86-23-21-84-19-17-82-15-13-80-11-9-75/h67-68,70-72H,5-66,75H2,1-4H3,(H,76,77)/t68-,71+,72-/m1/s1. The van der Waals surface area contributed by atoms with Crippen LogP contribution in [-0.4, -0.2) is 413 Å². The summed E-state index contributed by atoms with van der Waals surface area (Å²) in [6.07, 6.45) is 3.98. The summed E-state index contributed by atoms with van der Waals surface area (Å²) in [6.45, 7) is 35.2. The van der Waals surface area contributed by atoms with E-state index in [4.69, 9.17) is 148 Å². The second-order valence-corrected chi connectivity index (χ2v) is 23.4. The molecule has 1 aliphatic carbocycles. The maximum absolute atomic E-state index is 12.8. The number of nitrogens with one attached hydrogen (secondary N) is 1. The highest BCUT2D eigenvalue weighted by Gasteiger charge is 2.35. The highest BCUT2D eigenvalue weighted by atomic mass is 16.6. The first-order valence-corrected chi connectivity index (χ1v) is 39.2. The molecule has 0 aliphatic heterocycles. The summed E-state index contributed by atoms with van der Waals surface area (Å²) in [5, 5.41) is 3.08. The Morgan fingerprint density at radius 1 is 0.315 bits per heavy atom. The molecule has 3 atom stereocenters. The van der Waals surface area contributed by atoms with Crippen LogP contribution >= 0.6 is 0 Å². The minimum Gasteiger partial charge on any atom is -0.463 e. The van der Waals surface area contributed by atoms with E-state index in [2.05, 4.69) is 19.2 Å². The van der Waals surface area contributed by atoms with Gasteiger partial charge in [0.2, 0.25) is 5.91 Å². The summed E-state index contributed by atoms with van der Waals surface area (Å²) < 4.78 is 166. The molecule has 0 fully saturated rings. The van der Waals surface area contributed by atoms with E-state index in [1.54, 1.807) is 6.92 Å². The zero-order valence-electron chi connectivity index (χ0n) is 66.4. The molecule has 1 aliphatic rings. The van der Waals surface area contributed by atoms with E-state index in [0.29, 0.717) is 382 Å². The monoisotopic (exact) mass is 1570 g/mol. The predicted molar refractivity (Wildman–Crippen MR) is 396 cm³/mol. The molecule has 642 valence electrons. The summed E-state index contributed by atoms with van der Waals surface area (Å²) in [5.74, 6) is -0.514. The van der Waals surface area contributed by atoms with Gasteiger partial charge in [-0.25, -0.2) is 4.79 Å². The van der Waals surface area contributed by atoms with Gasteiger partial charge in [0, 0.05) is 30.5 Å². The SMILES string of the molecule is CCOC(=O)C1=C[C@@H](OC(CC)CC)[C@H](C)[C@@H](NC(=O)CCOCCOCCOCCOCCOCCOCCOCCOCCOCCOCCOCCOCCOCCOCCOCCOCCOCCOCCOCCOCCOCCOCCOCCOCCOCCOCCOCCOCCN)C1. The van der Waals surface area contributed by atoms with Gasteiger partial charge < -0.3 is 153 Å². The fraction of sp³-hybridized carbons (Fsp3) is 0.946. The molecule has 108 heavy (non-hydrogen) atoms. The third-order valence-corrected chi connectivity index (χ3v) is 14.9. The molecule has 0 bridgehead atoms. The van der Waals surface area contributed by atoms with Crippen molar-refractivity contribution in [2.24, 2.45) is 11.7 Å². The van der Waals surface area contributed by atoms with Gasteiger partial charge >= 0.3 is 5.97 Å². The van der Waals surface area contributed by atoms with Crippen LogP contribution in [-0.2, 0) is 152 Å². The van der Waals surface area contributed by atoms with Gasteiger partial charge in [-0.2, -0.15) is 0 Å². The first-order chi connectivity index (χ1) is 53.5. The first-order valence-electron chi connectivity index (χ1n) is 39.2. The number of carbonyl (C=O) groups is 2. The lowest BCUT2D eigenvalue weighted by atomic mass is 9.83. The van der Waals surface area contributed by atoms with Gasteiger partial charge in [-0.05, 0) is 32.3 Å². The number of hydrogen-bond donors (Lipinski definition) is 2. The third-order valence-electron chi connectivity index (χ3n) is 14.9. The largest absolute Gasteiger partial charge is 0.463 e. The number of hydrogen-bond acceptors (Lipinski definition) is 33. The van der Waals surface area contributed by atoms with E-state index in [-0.39, 0.29) is 55.7 Å². The van der Waals surface area contributed by atoms with Crippen molar-refractivity contribution in [3.05, 3.63) is 11.6 Å². The number of rotatable bonds is 93. The Kier molecular flexibility index (Phi) is 84.7. The zero-order valence-corrected chi connectivity index (χ0v) is 66.4. The molecule has 0 saturated carbocycles. The van der Waals surface area contributed by atoms with Crippen molar-refractivity contribution in [1.29, 1.82) is 0 Å². The van der Waals surface area contributed by atoms with Crippen molar-refractivity contribution in [2.45, 2.75) is 71.6 Å². The van der Waals surface area contributed by atoms with Gasteiger partial charge in [0.15, 0.2) is 0 Å². The molecule has 0 aromatic heterocycles. The summed E-state index contributed by atoms with van der Waals surface area (Å²) in [4.78, 5) is 25.4. The van der Waals surface area contributed by atoms with Gasteiger partial charge in [0.1, 0.15) is 0 Å². The van der Waals surface area contributed by atoms with Crippen molar-refractivity contribution in [2.75, 3.05) is 383 Å². The predicted octanol–water partition coefficient (Wildman–Crippen LogP) is 2.39. The Balaban J connectivity index is 1.65. The minimum absolute atomic E-state index is 0.00613. The van der Waals surface area contributed by atoms with Crippen LogP contribution in [0, 0.1) is 5.92 Å². The van der Waals surface area contributed by atoms with Gasteiger partial charge in [-0.3, -0.25) is 4.79 Å². The molecular formula is C74H144N2O32. The summed E-state index contributed by atoms with van der Waals surface area (Å²) in [7, 11) is 0. The van der Waals surface area contributed by atoms with Crippen molar-refractivity contribution >= 4 is 11.9 Å². The van der Waals surface area contributed by atoms with Gasteiger partial charge in [0.05, 0.1) is 389 Å². The van der Waals surface area contributed by atoms with E-state index in [1.807, 2.05) is 13.0 Å². The number of amides is 1. The Labute approximate surface area is 644 Å². The van der Waals surface area contributed by atoms with E-state index < -0.39 is 0 Å². The molecular weight excluding hydrogens is 1430 g/mol. The Morgan fingerprint density at radius 2 is 0.500 bits per heavy atom. The lowest BCUT2D eigenvalue weighted by molar-refractivity contribution is -0.139. The van der Waals surface area contributed by atoms with Crippen LogP contribution in [0.5, 0.6) is 0 Å². The van der Waals surface area contributed by atoms with Crippen LogP contribution in [0.3, 0.4) is 0 Å². The average molecular weight is 1570 g/mol. The molecule has 0 aromatic rings. The lowest BCUT2D eigenvalue weighted by Gasteiger charge is -2.36. The summed E-state index contributed by atoms with van der Waals surface area (Å²) in [6, 6.07) is -0.250.